The maximum absolute atomic E-state index is 14.2. The summed E-state index contributed by atoms with van der Waals surface area (Å²) in [5.74, 6) is -0.190. The Morgan fingerprint density at radius 1 is 1.36 bits per heavy atom. The van der Waals surface area contributed by atoms with Crippen LogP contribution in [-0.4, -0.2) is 50.9 Å². The number of carbonyl (C=O) groups is 1. The third-order valence-electron chi connectivity index (χ3n) is 4.87. The summed E-state index contributed by atoms with van der Waals surface area (Å²) in [6, 6.07) is 1.60. The van der Waals surface area contributed by atoms with Gasteiger partial charge in [0, 0.05) is 44.1 Å². The van der Waals surface area contributed by atoms with E-state index in [9.17, 15) is 9.18 Å². The van der Waals surface area contributed by atoms with E-state index in [2.05, 4.69) is 37.4 Å². The van der Waals surface area contributed by atoms with Crippen LogP contribution in [0.5, 0.6) is 0 Å². The first-order chi connectivity index (χ1) is 13.5. The minimum Gasteiger partial charge on any atom is -0.350 e. The van der Waals surface area contributed by atoms with E-state index in [1.807, 2.05) is 0 Å². The van der Waals surface area contributed by atoms with Gasteiger partial charge in [0.05, 0.1) is 23.8 Å². The minimum atomic E-state index is -0.503. The zero-order valence-electron chi connectivity index (χ0n) is 15.8. The standard InChI is InChI=1S/C19H22FN7O/c1-3-14-7-21-4-5-27(14)17-9-22-16(8-23-17)19(28)25-13-6-15(20)18-24-12(2)10-26(18)11-13/h6,8-11,14,21H,3-5,7H2,1-2H3,(H,25,28)/t14-/m1/s1. The van der Waals surface area contributed by atoms with Crippen LogP contribution in [0.4, 0.5) is 15.9 Å². The highest BCUT2D eigenvalue weighted by Gasteiger charge is 2.22. The minimum absolute atomic E-state index is 0.175. The second-order valence-electron chi connectivity index (χ2n) is 6.86. The van der Waals surface area contributed by atoms with E-state index in [1.54, 1.807) is 29.9 Å². The molecule has 0 unspecified atom stereocenters. The Morgan fingerprint density at radius 2 is 2.21 bits per heavy atom. The van der Waals surface area contributed by atoms with Crippen molar-refractivity contribution in [3.05, 3.63) is 48.1 Å². The third kappa shape index (κ3) is 3.53. The van der Waals surface area contributed by atoms with Gasteiger partial charge in [-0.2, -0.15) is 0 Å². The van der Waals surface area contributed by atoms with Crippen molar-refractivity contribution in [3.8, 4) is 0 Å². The highest BCUT2D eigenvalue weighted by atomic mass is 19.1. The molecule has 8 nitrogen and oxygen atoms in total. The monoisotopic (exact) mass is 383 g/mol. The number of rotatable bonds is 4. The van der Waals surface area contributed by atoms with Crippen LogP contribution in [0.1, 0.15) is 29.5 Å². The maximum atomic E-state index is 14.2. The number of imidazole rings is 1. The molecule has 0 radical (unpaired) electrons. The number of nitrogens with one attached hydrogen (secondary N) is 2. The van der Waals surface area contributed by atoms with Crippen LogP contribution in [-0.2, 0) is 0 Å². The first-order valence-electron chi connectivity index (χ1n) is 9.30. The SMILES string of the molecule is CC[C@@H]1CNCCN1c1cnc(C(=O)Nc2cc(F)c3nc(C)cn3c2)cn1. The van der Waals surface area contributed by atoms with Gasteiger partial charge in [-0.25, -0.2) is 19.3 Å². The summed E-state index contributed by atoms with van der Waals surface area (Å²) in [4.78, 5) is 27.5. The van der Waals surface area contributed by atoms with Crippen LogP contribution in [0.2, 0.25) is 0 Å². The van der Waals surface area contributed by atoms with Crippen molar-refractivity contribution in [1.82, 2.24) is 24.7 Å². The molecule has 4 heterocycles. The summed E-state index contributed by atoms with van der Waals surface area (Å²) in [5.41, 5.74) is 1.42. The quantitative estimate of drug-likeness (QED) is 0.717. The largest absolute Gasteiger partial charge is 0.350 e. The Balaban J connectivity index is 1.51. The molecule has 4 rings (SSSR count). The van der Waals surface area contributed by atoms with Crippen molar-refractivity contribution in [1.29, 1.82) is 0 Å². The van der Waals surface area contributed by atoms with Crippen LogP contribution >= 0.6 is 0 Å². The molecule has 1 aliphatic rings. The molecule has 0 spiro atoms. The molecule has 28 heavy (non-hydrogen) atoms. The fraction of sp³-hybridized carbons (Fsp3) is 0.368. The van der Waals surface area contributed by atoms with Gasteiger partial charge >= 0.3 is 0 Å². The van der Waals surface area contributed by atoms with Crippen LogP contribution in [0.25, 0.3) is 5.65 Å². The molecule has 0 saturated carbocycles. The van der Waals surface area contributed by atoms with Gasteiger partial charge in [0.2, 0.25) is 0 Å². The number of aryl methyl sites for hydroxylation is 1. The summed E-state index contributed by atoms with van der Waals surface area (Å²) in [7, 11) is 0. The van der Waals surface area contributed by atoms with Crippen molar-refractivity contribution in [3.63, 3.8) is 0 Å². The summed E-state index contributed by atoms with van der Waals surface area (Å²) in [5, 5.41) is 6.04. The van der Waals surface area contributed by atoms with Crippen LogP contribution in [0, 0.1) is 12.7 Å². The average molecular weight is 383 g/mol. The van der Waals surface area contributed by atoms with Crippen molar-refractivity contribution in [2.75, 3.05) is 29.9 Å². The number of pyridine rings is 1. The molecule has 1 aliphatic heterocycles. The number of aromatic nitrogens is 4. The van der Waals surface area contributed by atoms with Gasteiger partial charge in [0.25, 0.3) is 5.91 Å². The smallest absolute Gasteiger partial charge is 0.275 e. The van der Waals surface area contributed by atoms with Crippen LogP contribution < -0.4 is 15.5 Å². The summed E-state index contributed by atoms with van der Waals surface area (Å²) in [6.45, 7) is 6.56. The fourth-order valence-corrected chi connectivity index (χ4v) is 3.46. The van der Waals surface area contributed by atoms with Gasteiger partial charge in [-0.1, -0.05) is 6.92 Å². The highest BCUT2D eigenvalue weighted by molar-refractivity contribution is 6.02. The Bertz CT molecular complexity index is 1000. The number of fused-ring (bicyclic) bond motifs is 1. The lowest BCUT2D eigenvalue weighted by Gasteiger charge is -2.36. The first kappa shape index (κ1) is 18.3. The van der Waals surface area contributed by atoms with E-state index in [0.29, 0.717) is 17.4 Å². The maximum Gasteiger partial charge on any atom is 0.275 e. The summed E-state index contributed by atoms with van der Waals surface area (Å²) < 4.78 is 15.7. The topological polar surface area (TPSA) is 87.5 Å². The second kappa shape index (κ2) is 7.51. The molecule has 3 aromatic heterocycles. The second-order valence-corrected chi connectivity index (χ2v) is 6.86. The zero-order chi connectivity index (χ0) is 19.7. The van der Waals surface area contributed by atoms with Crippen molar-refractivity contribution in [2.45, 2.75) is 26.3 Å². The van der Waals surface area contributed by atoms with Gasteiger partial charge in [-0.15, -0.1) is 0 Å². The molecule has 0 aliphatic carbocycles. The summed E-state index contributed by atoms with van der Waals surface area (Å²) >= 11 is 0. The average Bonchev–Trinajstić information content (AvgIpc) is 3.09. The molecule has 1 saturated heterocycles. The number of amides is 1. The molecule has 9 heteroatoms. The molecule has 3 aromatic rings. The Labute approximate surface area is 161 Å². The van der Waals surface area contributed by atoms with E-state index in [0.717, 1.165) is 31.9 Å². The predicted molar refractivity (Wildman–Crippen MR) is 104 cm³/mol. The predicted octanol–water partition coefficient (Wildman–Crippen LogP) is 2.01. The fourth-order valence-electron chi connectivity index (χ4n) is 3.46. The highest BCUT2D eigenvalue weighted by Crippen LogP contribution is 2.18. The zero-order valence-corrected chi connectivity index (χ0v) is 15.8. The van der Waals surface area contributed by atoms with Crippen LogP contribution in [0.3, 0.4) is 0 Å². The lowest BCUT2D eigenvalue weighted by Crippen LogP contribution is -2.51. The Hall–Kier alpha value is -3.07. The Morgan fingerprint density at radius 3 is 2.96 bits per heavy atom. The van der Waals surface area contributed by atoms with Gasteiger partial charge in [0.15, 0.2) is 11.5 Å². The lowest BCUT2D eigenvalue weighted by atomic mass is 10.1. The number of carbonyl (C=O) groups excluding carboxylic acids is 1. The van der Waals surface area contributed by atoms with Crippen molar-refractivity contribution < 1.29 is 9.18 Å². The molecular weight excluding hydrogens is 361 g/mol. The number of piperazine rings is 1. The molecule has 1 atom stereocenters. The van der Waals surface area contributed by atoms with E-state index in [1.165, 1.54) is 12.3 Å². The molecule has 1 amide bonds. The number of hydrogen-bond acceptors (Lipinski definition) is 6. The number of nitrogens with zero attached hydrogens (tertiary/aromatic N) is 5. The Kier molecular flexibility index (Phi) is 4.91. The van der Waals surface area contributed by atoms with Gasteiger partial charge < -0.3 is 19.9 Å². The van der Waals surface area contributed by atoms with E-state index < -0.39 is 11.7 Å². The molecule has 146 valence electrons. The number of halogens is 1. The molecular formula is C19H22FN7O. The van der Waals surface area contributed by atoms with Crippen molar-refractivity contribution >= 4 is 23.1 Å². The van der Waals surface area contributed by atoms with E-state index >= 15 is 0 Å². The van der Waals surface area contributed by atoms with E-state index in [4.69, 9.17) is 0 Å². The third-order valence-corrected chi connectivity index (χ3v) is 4.87. The summed E-state index contributed by atoms with van der Waals surface area (Å²) in [6.07, 6.45) is 7.38. The molecule has 0 bridgehead atoms. The van der Waals surface area contributed by atoms with Gasteiger partial charge in [-0.3, -0.25) is 4.79 Å². The number of anilines is 2. The van der Waals surface area contributed by atoms with Gasteiger partial charge in [0.1, 0.15) is 11.5 Å². The molecule has 0 aromatic carbocycles. The van der Waals surface area contributed by atoms with E-state index in [-0.39, 0.29) is 11.3 Å². The number of hydrogen-bond donors (Lipinski definition) is 2. The van der Waals surface area contributed by atoms with Gasteiger partial charge in [-0.05, 0) is 13.3 Å². The van der Waals surface area contributed by atoms with Crippen molar-refractivity contribution in [2.24, 2.45) is 0 Å². The van der Waals surface area contributed by atoms with Crippen LogP contribution in [0.15, 0.2) is 30.9 Å². The first-order valence-corrected chi connectivity index (χ1v) is 9.30. The molecule has 1 fully saturated rings. The molecule has 2 N–H and O–H groups in total. The lowest BCUT2D eigenvalue weighted by molar-refractivity contribution is 0.102. The normalized spacial score (nSPS) is 17.1.